The quantitative estimate of drug-likeness (QED) is 0.717. The molecule has 0 saturated carbocycles. The fourth-order valence-corrected chi connectivity index (χ4v) is 3.55. The summed E-state index contributed by atoms with van der Waals surface area (Å²) in [5.41, 5.74) is 1.33. The molecule has 2 amide bonds. The maximum absolute atomic E-state index is 12.6. The van der Waals surface area contributed by atoms with Gasteiger partial charge in [0.15, 0.2) is 0 Å². The molecule has 1 fully saturated rings. The molecule has 2 aromatic carbocycles. The van der Waals surface area contributed by atoms with Crippen molar-refractivity contribution in [2.24, 2.45) is 0 Å². The largest absolute Gasteiger partial charge is 0.496 e. The predicted molar refractivity (Wildman–Crippen MR) is 107 cm³/mol. The van der Waals surface area contributed by atoms with E-state index in [0.717, 1.165) is 22.2 Å². The molecule has 0 radical (unpaired) electrons. The summed E-state index contributed by atoms with van der Waals surface area (Å²) in [6.45, 7) is 0.00460. The number of hydrogen-bond donors (Lipinski definition) is 1. The number of ether oxygens (including phenoxy) is 2. The highest BCUT2D eigenvalue weighted by Crippen LogP contribution is 2.34. The van der Waals surface area contributed by atoms with Crippen molar-refractivity contribution < 1.29 is 19.1 Å². The average Bonchev–Trinajstić information content (AvgIpc) is 2.93. The number of imide groups is 1. The zero-order valence-electron chi connectivity index (χ0n) is 14.7. The first kappa shape index (κ1) is 19.1. The highest BCUT2D eigenvalue weighted by molar-refractivity contribution is 8.18. The minimum absolute atomic E-state index is 0.00460. The molecule has 0 aromatic heterocycles. The van der Waals surface area contributed by atoms with Gasteiger partial charge in [0.2, 0.25) is 0 Å². The summed E-state index contributed by atoms with van der Waals surface area (Å²) in [6.07, 6.45) is 1.66. The lowest BCUT2D eigenvalue weighted by Gasteiger charge is -2.16. The van der Waals surface area contributed by atoms with Gasteiger partial charge in [0.25, 0.3) is 11.1 Å². The number of nitrogens with one attached hydrogen (secondary N) is 1. The SMILES string of the molecule is COc1ccccc1C=C1SC(=O)N(CNc2cc(Cl)ccc2OC)C1=O. The van der Waals surface area contributed by atoms with Gasteiger partial charge in [-0.1, -0.05) is 29.8 Å². The number of hydrogen-bond acceptors (Lipinski definition) is 6. The third-order valence-electron chi connectivity index (χ3n) is 3.89. The van der Waals surface area contributed by atoms with E-state index in [1.54, 1.807) is 37.5 Å². The first-order valence-corrected chi connectivity index (χ1v) is 9.18. The monoisotopic (exact) mass is 404 g/mol. The fourth-order valence-electron chi connectivity index (χ4n) is 2.55. The van der Waals surface area contributed by atoms with Gasteiger partial charge in [0.1, 0.15) is 11.5 Å². The molecule has 1 aliphatic rings. The zero-order chi connectivity index (χ0) is 19.4. The van der Waals surface area contributed by atoms with E-state index in [9.17, 15) is 9.59 Å². The van der Waals surface area contributed by atoms with E-state index in [0.29, 0.717) is 27.1 Å². The van der Waals surface area contributed by atoms with Crippen molar-refractivity contribution >= 4 is 46.3 Å². The number of rotatable bonds is 6. The molecular weight excluding hydrogens is 388 g/mol. The van der Waals surface area contributed by atoms with E-state index in [1.165, 1.54) is 7.11 Å². The van der Waals surface area contributed by atoms with Gasteiger partial charge in [0, 0.05) is 10.6 Å². The standard InChI is InChI=1S/C19H17ClN2O4S/c1-25-15-6-4-3-5-12(15)9-17-18(23)22(19(24)27-17)11-21-14-10-13(20)7-8-16(14)26-2/h3-10,21H,11H2,1-2H3. The molecule has 2 aromatic rings. The van der Waals surface area contributed by atoms with Gasteiger partial charge in [-0.15, -0.1) is 0 Å². The number of anilines is 1. The molecule has 27 heavy (non-hydrogen) atoms. The summed E-state index contributed by atoms with van der Waals surface area (Å²) >= 11 is 6.89. The van der Waals surface area contributed by atoms with Crippen LogP contribution in [-0.4, -0.2) is 36.9 Å². The average molecular weight is 405 g/mol. The maximum atomic E-state index is 12.6. The Morgan fingerprint density at radius 2 is 1.85 bits per heavy atom. The summed E-state index contributed by atoms with van der Waals surface area (Å²) in [5.74, 6) is 0.825. The molecular formula is C19H17ClN2O4S. The van der Waals surface area contributed by atoms with Crippen molar-refractivity contribution in [1.82, 2.24) is 4.90 Å². The van der Waals surface area contributed by atoms with Crippen LogP contribution in [0.15, 0.2) is 47.4 Å². The van der Waals surface area contributed by atoms with Crippen LogP contribution in [-0.2, 0) is 4.79 Å². The summed E-state index contributed by atoms with van der Waals surface area (Å²) in [4.78, 5) is 26.4. The van der Waals surface area contributed by atoms with Crippen LogP contribution >= 0.6 is 23.4 Å². The van der Waals surface area contributed by atoms with E-state index in [-0.39, 0.29) is 17.8 Å². The molecule has 1 saturated heterocycles. The molecule has 6 nitrogen and oxygen atoms in total. The molecule has 0 atom stereocenters. The number of methoxy groups -OCH3 is 2. The number of amides is 2. The van der Waals surface area contributed by atoms with E-state index in [2.05, 4.69) is 5.32 Å². The third kappa shape index (κ3) is 4.20. The summed E-state index contributed by atoms with van der Waals surface area (Å²) < 4.78 is 10.5. The minimum atomic E-state index is -0.371. The number of benzene rings is 2. The van der Waals surface area contributed by atoms with Crippen LogP contribution in [0.5, 0.6) is 11.5 Å². The molecule has 0 spiro atoms. The maximum Gasteiger partial charge on any atom is 0.295 e. The van der Waals surface area contributed by atoms with Crippen molar-refractivity contribution in [2.75, 3.05) is 26.2 Å². The second-order valence-corrected chi connectivity index (χ2v) is 6.96. The lowest BCUT2D eigenvalue weighted by atomic mass is 10.2. The second-order valence-electron chi connectivity index (χ2n) is 5.53. The van der Waals surface area contributed by atoms with Crippen molar-refractivity contribution in [3.63, 3.8) is 0 Å². The molecule has 0 unspecified atom stereocenters. The first-order chi connectivity index (χ1) is 13.0. The highest BCUT2D eigenvalue weighted by atomic mass is 35.5. The lowest BCUT2D eigenvalue weighted by molar-refractivity contribution is -0.122. The Morgan fingerprint density at radius 1 is 1.11 bits per heavy atom. The fraction of sp³-hybridized carbons (Fsp3) is 0.158. The predicted octanol–water partition coefficient (Wildman–Crippen LogP) is 4.46. The van der Waals surface area contributed by atoms with Crippen LogP contribution < -0.4 is 14.8 Å². The van der Waals surface area contributed by atoms with Crippen LogP contribution in [0.2, 0.25) is 5.02 Å². The molecule has 1 aliphatic heterocycles. The molecule has 1 heterocycles. The van der Waals surface area contributed by atoms with E-state index >= 15 is 0 Å². The van der Waals surface area contributed by atoms with Gasteiger partial charge in [-0.2, -0.15) is 0 Å². The van der Waals surface area contributed by atoms with Gasteiger partial charge >= 0.3 is 0 Å². The number of carbonyl (C=O) groups is 2. The van der Waals surface area contributed by atoms with Crippen molar-refractivity contribution in [2.45, 2.75) is 0 Å². The van der Waals surface area contributed by atoms with Crippen molar-refractivity contribution in [3.8, 4) is 11.5 Å². The normalized spacial score (nSPS) is 15.4. The van der Waals surface area contributed by atoms with Gasteiger partial charge < -0.3 is 14.8 Å². The van der Waals surface area contributed by atoms with E-state index < -0.39 is 0 Å². The number of carbonyl (C=O) groups excluding carboxylic acids is 2. The number of nitrogens with zero attached hydrogens (tertiary/aromatic N) is 1. The smallest absolute Gasteiger partial charge is 0.295 e. The Kier molecular flexibility index (Phi) is 5.93. The summed E-state index contributed by atoms with van der Waals surface area (Å²) in [5, 5.41) is 3.19. The Bertz CT molecular complexity index is 916. The molecule has 1 N–H and O–H groups in total. The first-order valence-electron chi connectivity index (χ1n) is 7.99. The van der Waals surface area contributed by atoms with E-state index in [4.69, 9.17) is 21.1 Å². The van der Waals surface area contributed by atoms with Crippen molar-refractivity contribution in [3.05, 3.63) is 58.0 Å². The Hall–Kier alpha value is -2.64. The molecule has 8 heteroatoms. The summed E-state index contributed by atoms with van der Waals surface area (Å²) in [7, 11) is 3.09. The Balaban J connectivity index is 1.77. The van der Waals surface area contributed by atoms with Gasteiger partial charge in [0.05, 0.1) is 31.5 Å². The van der Waals surface area contributed by atoms with Crippen LogP contribution in [0.3, 0.4) is 0 Å². The Morgan fingerprint density at radius 3 is 2.59 bits per heavy atom. The minimum Gasteiger partial charge on any atom is -0.496 e. The molecule has 0 bridgehead atoms. The number of para-hydroxylation sites is 1. The van der Waals surface area contributed by atoms with Gasteiger partial charge in [-0.25, -0.2) is 0 Å². The Labute approximate surface area is 166 Å². The van der Waals surface area contributed by atoms with E-state index in [1.807, 2.05) is 18.2 Å². The number of thioether (sulfide) groups is 1. The third-order valence-corrected chi connectivity index (χ3v) is 5.03. The highest BCUT2D eigenvalue weighted by Gasteiger charge is 2.35. The van der Waals surface area contributed by atoms with Crippen LogP contribution in [0.4, 0.5) is 10.5 Å². The molecule has 140 valence electrons. The van der Waals surface area contributed by atoms with Crippen molar-refractivity contribution in [1.29, 1.82) is 0 Å². The van der Waals surface area contributed by atoms with Gasteiger partial charge in [-0.05, 0) is 42.1 Å². The second kappa shape index (κ2) is 8.37. The number of halogens is 1. The van der Waals surface area contributed by atoms with Crippen LogP contribution in [0.1, 0.15) is 5.56 Å². The summed E-state index contributed by atoms with van der Waals surface area (Å²) in [6, 6.07) is 12.4. The van der Waals surface area contributed by atoms with Crippen LogP contribution in [0.25, 0.3) is 6.08 Å². The molecule has 3 rings (SSSR count). The molecule has 0 aliphatic carbocycles. The lowest BCUT2D eigenvalue weighted by Crippen LogP contribution is -2.33. The topological polar surface area (TPSA) is 67.9 Å². The van der Waals surface area contributed by atoms with Crippen LogP contribution in [0, 0.1) is 0 Å². The zero-order valence-corrected chi connectivity index (χ0v) is 16.3. The van der Waals surface area contributed by atoms with Gasteiger partial charge in [-0.3, -0.25) is 14.5 Å².